The van der Waals surface area contributed by atoms with E-state index in [2.05, 4.69) is 5.32 Å². The second-order valence-electron chi connectivity index (χ2n) is 6.83. The Morgan fingerprint density at radius 3 is 2.38 bits per heavy atom. The van der Waals surface area contributed by atoms with Crippen LogP contribution in [-0.2, 0) is 11.4 Å². The van der Waals surface area contributed by atoms with Gasteiger partial charge in [0.1, 0.15) is 23.9 Å². The first-order chi connectivity index (χ1) is 14.3. The smallest absolute Gasteiger partial charge is 0.258 e. The fourth-order valence-electron chi connectivity index (χ4n) is 3.25. The molecule has 0 radical (unpaired) electrons. The molecule has 0 unspecified atom stereocenters. The second-order valence-corrected chi connectivity index (χ2v) is 6.83. The average molecular weight is 389 g/mol. The maximum Gasteiger partial charge on any atom is 0.258 e. The van der Waals surface area contributed by atoms with E-state index < -0.39 is 0 Å². The molecule has 1 aliphatic heterocycles. The van der Waals surface area contributed by atoms with Gasteiger partial charge in [0.05, 0.1) is 12.6 Å². The van der Waals surface area contributed by atoms with Crippen LogP contribution in [0.5, 0.6) is 17.2 Å². The molecular weight excluding hydrogens is 366 g/mol. The van der Waals surface area contributed by atoms with Crippen LogP contribution in [0.15, 0.2) is 78.9 Å². The molecule has 0 aromatic heterocycles. The van der Waals surface area contributed by atoms with Crippen molar-refractivity contribution in [3.63, 3.8) is 0 Å². The summed E-state index contributed by atoms with van der Waals surface area (Å²) in [5.74, 6) is 2.05. The van der Waals surface area contributed by atoms with E-state index in [1.54, 1.807) is 12.1 Å². The molecule has 0 saturated heterocycles. The molecule has 1 aliphatic rings. The maximum absolute atomic E-state index is 12.3. The number of ether oxygens (including phenoxy) is 3. The van der Waals surface area contributed by atoms with Gasteiger partial charge in [-0.25, -0.2) is 0 Å². The summed E-state index contributed by atoms with van der Waals surface area (Å²) in [6.07, 6.45) is 0.746. The zero-order valence-corrected chi connectivity index (χ0v) is 16.0. The van der Waals surface area contributed by atoms with E-state index in [-0.39, 0.29) is 18.6 Å². The Hall–Kier alpha value is -3.47. The molecule has 3 aromatic rings. The van der Waals surface area contributed by atoms with Crippen LogP contribution < -0.4 is 19.5 Å². The zero-order chi connectivity index (χ0) is 19.9. The molecule has 0 bridgehead atoms. The highest BCUT2D eigenvalue weighted by Gasteiger charge is 2.22. The highest BCUT2D eigenvalue weighted by Crippen LogP contribution is 2.31. The van der Waals surface area contributed by atoms with E-state index in [4.69, 9.17) is 14.2 Å². The fraction of sp³-hybridized carbons (Fsp3) is 0.208. The highest BCUT2D eigenvalue weighted by molar-refractivity contribution is 5.78. The van der Waals surface area contributed by atoms with E-state index in [1.807, 2.05) is 66.7 Å². The number of rotatable bonds is 7. The number of para-hydroxylation sites is 1. The van der Waals surface area contributed by atoms with Gasteiger partial charge in [0.15, 0.2) is 6.61 Å². The maximum atomic E-state index is 12.3. The van der Waals surface area contributed by atoms with Crippen molar-refractivity contribution in [2.75, 3.05) is 13.2 Å². The third-order valence-corrected chi connectivity index (χ3v) is 4.74. The van der Waals surface area contributed by atoms with Crippen molar-refractivity contribution in [3.8, 4) is 17.2 Å². The molecule has 1 N–H and O–H groups in total. The number of benzene rings is 3. The molecular formula is C24H23NO4. The largest absolute Gasteiger partial charge is 0.493 e. The molecule has 0 spiro atoms. The summed E-state index contributed by atoms with van der Waals surface area (Å²) in [6, 6.07) is 25.0. The van der Waals surface area contributed by atoms with Gasteiger partial charge in [0, 0.05) is 12.0 Å². The van der Waals surface area contributed by atoms with Crippen LogP contribution in [0.25, 0.3) is 0 Å². The van der Waals surface area contributed by atoms with Crippen LogP contribution in [0.3, 0.4) is 0 Å². The lowest BCUT2D eigenvalue weighted by atomic mass is 10.0. The standard InChI is InChI=1S/C24H23NO4/c26-24(25-22-14-15-27-23-9-5-4-8-21(22)23)17-29-20-12-10-19(11-13-20)28-16-18-6-2-1-3-7-18/h1-13,22H,14-17H2,(H,25,26)/t22-/m0/s1. The van der Waals surface area contributed by atoms with Crippen LogP contribution >= 0.6 is 0 Å². The van der Waals surface area contributed by atoms with Gasteiger partial charge < -0.3 is 19.5 Å². The molecule has 3 aromatic carbocycles. The lowest BCUT2D eigenvalue weighted by molar-refractivity contribution is -0.124. The zero-order valence-electron chi connectivity index (χ0n) is 16.0. The summed E-state index contributed by atoms with van der Waals surface area (Å²) in [7, 11) is 0. The van der Waals surface area contributed by atoms with Crippen LogP contribution in [-0.4, -0.2) is 19.1 Å². The van der Waals surface area contributed by atoms with Crippen molar-refractivity contribution in [2.24, 2.45) is 0 Å². The molecule has 5 heteroatoms. The summed E-state index contributed by atoms with van der Waals surface area (Å²) in [5, 5.41) is 3.03. The average Bonchev–Trinajstić information content (AvgIpc) is 2.78. The number of amides is 1. The SMILES string of the molecule is O=C(COc1ccc(OCc2ccccc2)cc1)N[C@H]1CCOc2ccccc21. The lowest BCUT2D eigenvalue weighted by Gasteiger charge is -2.26. The third-order valence-electron chi connectivity index (χ3n) is 4.74. The van der Waals surface area contributed by atoms with Gasteiger partial charge in [0.2, 0.25) is 0 Å². The lowest BCUT2D eigenvalue weighted by Crippen LogP contribution is -2.35. The van der Waals surface area contributed by atoms with Gasteiger partial charge in [-0.15, -0.1) is 0 Å². The van der Waals surface area contributed by atoms with Gasteiger partial charge in [0.25, 0.3) is 5.91 Å². The molecule has 0 aliphatic carbocycles. The molecule has 1 amide bonds. The third kappa shape index (κ3) is 5.08. The first-order valence-corrected chi connectivity index (χ1v) is 9.68. The molecule has 29 heavy (non-hydrogen) atoms. The Morgan fingerprint density at radius 2 is 1.59 bits per heavy atom. The van der Waals surface area contributed by atoms with Gasteiger partial charge in [-0.1, -0.05) is 48.5 Å². The van der Waals surface area contributed by atoms with Crippen molar-refractivity contribution in [1.29, 1.82) is 0 Å². The number of carbonyl (C=O) groups excluding carboxylic acids is 1. The topological polar surface area (TPSA) is 56.8 Å². The monoisotopic (exact) mass is 389 g/mol. The van der Waals surface area contributed by atoms with E-state index in [0.717, 1.165) is 29.0 Å². The van der Waals surface area contributed by atoms with Crippen LogP contribution in [0.2, 0.25) is 0 Å². The Morgan fingerprint density at radius 1 is 0.897 bits per heavy atom. The Kier molecular flexibility index (Phi) is 5.95. The molecule has 1 heterocycles. The molecule has 148 valence electrons. The van der Waals surface area contributed by atoms with Crippen molar-refractivity contribution in [2.45, 2.75) is 19.1 Å². The van der Waals surface area contributed by atoms with E-state index in [1.165, 1.54) is 0 Å². The summed E-state index contributed by atoms with van der Waals surface area (Å²) in [5.41, 5.74) is 2.12. The van der Waals surface area contributed by atoms with E-state index in [0.29, 0.717) is 19.0 Å². The summed E-state index contributed by atoms with van der Waals surface area (Å²) in [6.45, 7) is 1.06. The summed E-state index contributed by atoms with van der Waals surface area (Å²) in [4.78, 5) is 12.3. The van der Waals surface area contributed by atoms with Crippen molar-refractivity contribution >= 4 is 5.91 Å². The number of fused-ring (bicyclic) bond motifs is 1. The first kappa shape index (κ1) is 18.9. The quantitative estimate of drug-likeness (QED) is 0.655. The number of carbonyl (C=O) groups is 1. The Labute approximate surface area is 170 Å². The molecule has 0 fully saturated rings. The predicted octanol–water partition coefficient (Wildman–Crippen LogP) is 4.28. The summed E-state index contributed by atoms with van der Waals surface area (Å²) >= 11 is 0. The number of nitrogens with one attached hydrogen (secondary N) is 1. The van der Waals surface area contributed by atoms with Crippen LogP contribution in [0.4, 0.5) is 0 Å². The predicted molar refractivity (Wildman–Crippen MR) is 110 cm³/mol. The first-order valence-electron chi connectivity index (χ1n) is 9.68. The van der Waals surface area contributed by atoms with Gasteiger partial charge in [-0.2, -0.15) is 0 Å². The Bertz CT molecular complexity index is 941. The molecule has 4 rings (SSSR count). The Balaban J connectivity index is 1.25. The molecule has 5 nitrogen and oxygen atoms in total. The number of hydrogen-bond donors (Lipinski definition) is 1. The minimum Gasteiger partial charge on any atom is -0.493 e. The molecule has 1 atom stereocenters. The van der Waals surface area contributed by atoms with E-state index in [9.17, 15) is 4.79 Å². The van der Waals surface area contributed by atoms with Crippen molar-refractivity contribution in [1.82, 2.24) is 5.32 Å². The normalized spacial score (nSPS) is 15.0. The second kappa shape index (κ2) is 9.15. The minimum absolute atomic E-state index is 0.0380. The molecule has 0 saturated carbocycles. The van der Waals surface area contributed by atoms with Crippen LogP contribution in [0.1, 0.15) is 23.6 Å². The number of hydrogen-bond acceptors (Lipinski definition) is 4. The van der Waals surface area contributed by atoms with Crippen LogP contribution in [0, 0.1) is 0 Å². The summed E-state index contributed by atoms with van der Waals surface area (Å²) < 4.78 is 17.0. The van der Waals surface area contributed by atoms with Crippen molar-refractivity contribution < 1.29 is 19.0 Å². The van der Waals surface area contributed by atoms with E-state index >= 15 is 0 Å². The van der Waals surface area contributed by atoms with Crippen molar-refractivity contribution in [3.05, 3.63) is 90.0 Å². The van der Waals surface area contributed by atoms with Gasteiger partial charge in [-0.05, 0) is 35.9 Å². The van der Waals surface area contributed by atoms with Gasteiger partial charge >= 0.3 is 0 Å². The van der Waals surface area contributed by atoms with Gasteiger partial charge in [-0.3, -0.25) is 4.79 Å². The highest BCUT2D eigenvalue weighted by atomic mass is 16.5. The minimum atomic E-state index is -0.156. The fourth-order valence-corrected chi connectivity index (χ4v) is 3.25.